The van der Waals surface area contributed by atoms with E-state index in [1.165, 1.54) is 4.90 Å². The van der Waals surface area contributed by atoms with Crippen molar-refractivity contribution in [3.63, 3.8) is 0 Å². The Labute approximate surface area is 141 Å². The molecule has 0 atom stereocenters. The van der Waals surface area contributed by atoms with Crippen LogP contribution in [0.15, 0.2) is 54.6 Å². The van der Waals surface area contributed by atoms with Crippen molar-refractivity contribution in [3.05, 3.63) is 60.2 Å². The molecule has 5 nitrogen and oxygen atoms in total. The molecule has 0 saturated heterocycles. The maximum absolute atomic E-state index is 12.4. The molecule has 0 unspecified atom stereocenters. The summed E-state index contributed by atoms with van der Waals surface area (Å²) in [5.74, 6) is 1.10. The van der Waals surface area contributed by atoms with Crippen LogP contribution < -0.4 is 10.1 Å². The third-order valence-electron chi connectivity index (χ3n) is 3.75. The first-order valence-electron chi connectivity index (χ1n) is 7.99. The molecule has 1 aliphatic rings. The summed E-state index contributed by atoms with van der Waals surface area (Å²) in [6, 6.07) is 16.7. The molecule has 3 rings (SSSR count). The van der Waals surface area contributed by atoms with Crippen LogP contribution in [-0.4, -0.2) is 36.3 Å². The zero-order chi connectivity index (χ0) is 16.9. The Morgan fingerprint density at radius 2 is 1.67 bits per heavy atom. The van der Waals surface area contributed by atoms with Crippen LogP contribution in [0.3, 0.4) is 0 Å². The molecule has 24 heavy (non-hydrogen) atoms. The Bertz CT molecular complexity index is 709. The van der Waals surface area contributed by atoms with E-state index in [4.69, 9.17) is 4.74 Å². The molecule has 2 amide bonds. The number of nitrogens with zero attached hydrogens (tertiary/aromatic N) is 1. The van der Waals surface area contributed by atoms with Crippen LogP contribution in [0.5, 0.6) is 11.5 Å². The molecule has 2 aromatic rings. The number of ether oxygens (including phenoxy) is 1. The summed E-state index contributed by atoms with van der Waals surface area (Å²) >= 11 is 0. The first-order chi connectivity index (χ1) is 11.6. The Kier molecular flexibility index (Phi) is 4.79. The third-order valence-corrected chi connectivity index (χ3v) is 3.75. The van der Waals surface area contributed by atoms with Gasteiger partial charge in [-0.1, -0.05) is 18.2 Å². The zero-order valence-electron chi connectivity index (χ0n) is 13.6. The van der Waals surface area contributed by atoms with Gasteiger partial charge in [-0.25, -0.2) is 0 Å². The Morgan fingerprint density at radius 1 is 1.04 bits per heavy atom. The Balaban J connectivity index is 1.57. The zero-order valence-corrected chi connectivity index (χ0v) is 13.6. The van der Waals surface area contributed by atoms with E-state index in [0.717, 1.165) is 18.6 Å². The van der Waals surface area contributed by atoms with Crippen molar-refractivity contribution < 1.29 is 14.3 Å². The Hall–Kier alpha value is -2.82. The van der Waals surface area contributed by atoms with Crippen molar-refractivity contribution in [1.29, 1.82) is 0 Å². The van der Waals surface area contributed by atoms with Gasteiger partial charge in [-0.15, -0.1) is 0 Å². The van der Waals surface area contributed by atoms with E-state index in [-0.39, 0.29) is 18.4 Å². The number of hydrogen-bond acceptors (Lipinski definition) is 3. The molecule has 0 aromatic heterocycles. The van der Waals surface area contributed by atoms with Gasteiger partial charge in [0, 0.05) is 18.7 Å². The van der Waals surface area contributed by atoms with Gasteiger partial charge in [-0.2, -0.15) is 0 Å². The van der Waals surface area contributed by atoms with Gasteiger partial charge in [0.1, 0.15) is 11.5 Å². The molecule has 1 N–H and O–H groups in total. The van der Waals surface area contributed by atoms with Crippen LogP contribution in [0, 0.1) is 0 Å². The molecule has 0 spiro atoms. The maximum atomic E-state index is 12.4. The molecule has 1 fully saturated rings. The molecule has 1 aliphatic carbocycles. The lowest BCUT2D eigenvalue weighted by atomic mass is 10.2. The molecular weight excluding hydrogens is 304 g/mol. The van der Waals surface area contributed by atoms with Gasteiger partial charge in [-0.3, -0.25) is 9.59 Å². The standard InChI is InChI=1S/C19H20N2O3/c1-21(13-18(22)20-15-9-10-15)19(23)14-7-11-17(12-8-14)24-16-5-3-2-4-6-16/h2-8,11-12,15H,9-10,13H2,1H3,(H,20,22). The number of rotatable bonds is 6. The number of para-hydroxylation sites is 1. The lowest BCUT2D eigenvalue weighted by Gasteiger charge is -2.17. The number of likely N-dealkylation sites (N-methyl/N-ethyl adjacent to an activating group) is 1. The van der Waals surface area contributed by atoms with Gasteiger partial charge in [0.25, 0.3) is 5.91 Å². The van der Waals surface area contributed by atoms with E-state index >= 15 is 0 Å². The minimum atomic E-state index is -0.188. The number of benzene rings is 2. The van der Waals surface area contributed by atoms with E-state index in [9.17, 15) is 9.59 Å². The minimum absolute atomic E-state index is 0.0671. The molecule has 0 radical (unpaired) electrons. The molecule has 2 aromatic carbocycles. The highest BCUT2D eigenvalue weighted by Crippen LogP contribution is 2.21. The van der Waals surface area contributed by atoms with E-state index < -0.39 is 0 Å². The molecule has 0 heterocycles. The van der Waals surface area contributed by atoms with Crippen molar-refractivity contribution in [3.8, 4) is 11.5 Å². The largest absolute Gasteiger partial charge is 0.457 e. The van der Waals surface area contributed by atoms with Crippen LogP contribution in [0.25, 0.3) is 0 Å². The lowest BCUT2D eigenvalue weighted by molar-refractivity contribution is -0.121. The van der Waals surface area contributed by atoms with Crippen molar-refractivity contribution in [2.75, 3.05) is 13.6 Å². The predicted molar refractivity (Wildman–Crippen MR) is 91.1 cm³/mol. The molecule has 0 aliphatic heterocycles. The number of nitrogens with one attached hydrogen (secondary N) is 1. The second kappa shape index (κ2) is 7.17. The topological polar surface area (TPSA) is 58.6 Å². The fourth-order valence-electron chi connectivity index (χ4n) is 2.30. The average molecular weight is 324 g/mol. The van der Waals surface area contributed by atoms with Gasteiger partial charge < -0.3 is 15.0 Å². The summed E-state index contributed by atoms with van der Waals surface area (Å²) < 4.78 is 5.70. The quantitative estimate of drug-likeness (QED) is 0.889. The monoisotopic (exact) mass is 324 g/mol. The van der Waals surface area contributed by atoms with E-state index in [1.807, 2.05) is 30.3 Å². The van der Waals surface area contributed by atoms with Crippen molar-refractivity contribution in [2.24, 2.45) is 0 Å². The summed E-state index contributed by atoms with van der Waals surface area (Å²) in [5.41, 5.74) is 0.525. The molecule has 1 saturated carbocycles. The first-order valence-corrected chi connectivity index (χ1v) is 7.99. The second-order valence-corrected chi connectivity index (χ2v) is 5.94. The smallest absolute Gasteiger partial charge is 0.254 e. The van der Waals surface area contributed by atoms with E-state index in [2.05, 4.69) is 5.32 Å². The number of carbonyl (C=O) groups is 2. The highest BCUT2D eigenvalue weighted by atomic mass is 16.5. The van der Waals surface area contributed by atoms with Gasteiger partial charge in [0.2, 0.25) is 5.91 Å². The highest BCUT2D eigenvalue weighted by Gasteiger charge is 2.24. The van der Waals surface area contributed by atoms with Gasteiger partial charge >= 0.3 is 0 Å². The molecule has 124 valence electrons. The minimum Gasteiger partial charge on any atom is -0.457 e. The SMILES string of the molecule is CN(CC(=O)NC1CC1)C(=O)c1ccc(Oc2ccccc2)cc1. The Morgan fingerprint density at radius 3 is 2.29 bits per heavy atom. The third kappa shape index (κ3) is 4.35. The summed E-state index contributed by atoms with van der Waals surface area (Å²) in [4.78, 5) is 25.5. The lowest BCUT2D eigenvalue weighted by Crippen LogP contribution is -2.39. The summed E-state index contributed by atoms with van der Waals surface area (Å²) in [7, 11) is 1.63. The average Bonchev–Trinajstić information content (AvgIpc) is 3.39. The summed E-state index contributed by atoms with van der Waals surface area (Å²) in [5, 5.41) is 2.87. The fraction of sp³-hybridized carbons (Fsp3) is 0.263. The number of carbonyl (C=O) groups excluding carboxylic acids is 2. The van der Waals surface area contributed by atoms with Crippen molar-refractivity contribution >= 4 is 11.8 Å². The van der Waals surface area contributed by atoms with Crippen LogP contribution in [0.2, 0.25) is 0 Å². The summed E-state index contributed by atoms with van der Waals surface area (Å²) in [6.07, 6.45) is 2.07. The van der Waals surface area contributed by atoms with Gasteiger partial charge in [-0.05, 0) is 49.2 Å². The van der Waals surface area contributed by atoms with Crippen LogP contribution in [-0.2, 0) is 4.79 Å². The van der Waals surface area contributed by atoms with E-state index in [1.54, 1.807) is 31.3 Å². The normalized spacial score (nSPS) is 13.2. The van der Waals surface area contributed by atoms with E-state index in [0.29, 0.717) is 17.4 Å². The van der Waals surface area contributed by atoms with Crippen molar-refractivity contribution in [2.45, 2.75) is 18.9 Å². The molecule has 5 heteroatoms. The van der Waals surface area contributed by atoms with Crippen molar-refractivity contribution in [1.82, 2.24) is 10.2 Å². The number of hydrogen-bond donors (Lipinski definition) is 1. The second-order valence-electron chi connectivity index (χ2n) is 5.94. The van der Waals surface area contributed by atoms with Gasteiger partial charge in [0.15, 0.2) is 0 Å². The number of amides is 2. The van der Waals surface area contributed by atoms with Crippen LogP contribution >= 0.6 is 0 Å². The molecular formula is C19H20N2O3. The molecule has 0 bridgehead atoms. The summed E-state index contributed by atoms with van der Waals surface area (Å²) in [6.45, 7) is 0.0671. The fourth-order valence-corrected chi connectivity index (χ4v) is 2.30. The van der Waals surface area contributed by atoms with Crippen LogP contribution in [0.1, 0.15) is 23.2 Å². The first kappa shape index (κ1) is 16.1. The highest BCUT2D eigenvalue weighted by molar-refractivity contribution is 5.96. The van der Waals surface area contributed by atoms with Crippen LogP contribution in [0.4, 0.5) is 0 Å². The predicted octanol–water partition coefficient (Wildman–Crippen LogP) is 2.83. The van der Waals surface area contributed by atoms with Gasteiger partial charge in [0.05, 0.1) is 6.54 Å². The maximum Gasteiger partial charge on any atom is 0.254 e.